The van der Waals surface area contributed by atoms with Gasteiger partial charge in [-0.15, -0.1) is 11.3 Å². The zero-order chi connectivity index (χ0) is 14.7. The van der Waals surface area contributed by atoms with Gasteiger partial charge >= 0.3 is 0 Å². The summed E-state index contributed by atoms with van der Waals surface area (Å²) in [4.78, 5) is 20.3. The maximum absolute atomic E-state index is 12.2. The molecule has 3 rings (SSSR count). The van der Waals surface area contributed by atoms with Gasteiger partial charge in [-0.05, 0) is 25.9 Å². The van der Waals surface area contributed by atoms with E-state index >= 15 is 0 Å². The van der Waals surface area contributed by atoms with Crippen LogP contribution in [0, 0.1) is 5.92 Å². The molecule has 6 nitrogen and oxygen atoms in total. The van der Waals surface area contributed by atoms with Crippen molar-refractivity contribution in [2.75, 3.05) is 44.8 Å². The third-order valence-electron chi connectivity index (χ3n) is 4.10. The largest absolute Gasteiger partial charge is 0.350 e. The van der Waals surface area contributed by atoms with Crippen LogP contribution in [0.25, 0.3) is 0 Å². The molecule has 0 N–H and O–H groups in total. The van der Waals surface area contributed by atoms with Crippen LogP contribution in [0.1, 0.15) is 12.8 Å². The highest BCUT2D eigenvalue weighted by Crippen LogP contribution is 2.26. The number of carbonyl (C=O) groups is 1. The van der Waals surface area contributed by atoms with Gasteiger partial charge in [-0.25, -0.2) is 4.98 Å². The van der Waals surface area contributed by atoms with Crippen LogP contribution < -0.4 is 4.90 Å². The monoisotopic (exact) mass is 311 g/mol. The highest BCUT2D eigenvalue weighted by atomic mass is 32.1. The van der Waals surface area contributed by atoms with Crippen LogP contribution in [0.15, 0.2) is 11.6 Å². The van der Waals surface area contributed by atoms with Crippen LogP contribution in [0.2, 0.25) is 0 Å². The third-order valence-corrected chi connectivity index (χ3v) is 4.95. The molecule has 0 unspecified atom stereocenters. The Morgan fingerprint density at radius 1 is 1.43 bits per heavy atom. The maximum atomic E-state index is 12.2. The number of amides is 1. The lowest BCUT2D eigenvalue weighted by Gasteiger charge is -2.33. The number of rotatable bonds is 4. The lowest BCUT2D eigenvalue weighted by atomic mass is 9.96. The Kier molecular flexibility index (Phi) is 4.84. The molecule has 0 aliphatic carbocycles. The third kappa shape index (κ3) is 3.60. The molecule has 2 fully saturated rings. The van der Waals surface area contributed by atoms with Crippen LogP contribution in [-0.4, -0.2) is 62.0 Å². The van der Waals surface area contributed by atoms with E-state index in [1.807, 2.05) is 5.38 Å². The number of piperidine rings is 1. The average molecular weight is 311 g/mol. The van der Waals surface area contributed by atoms with Gasteiger partial charge in [0.25, 0.3) is 0 Å². The molecule has 3 heterocycles. The van der Waals surface area contributed by atoms with E-state index in [9.17, 15) is 4.79 Å². The van der Waals surface area contributed by atoms with Crippen molar-refractivity contribution in [2.24, 2.45) is 5.92 Å². The summed E-state index contributed by atoms with van der Waals surface area (Å²) < 4.78 is 11.1. The van der Waals surface area contributed by atoms with Crippen LogP contribution in [0.4, 0.5) is 5.13 Å². The quantitative estimate of drug-likeness (QED) is 0.836. The predicted molar refractivity (Wildman–Crippen MR) is 80.4 cm³/mol. The molecule has 2 saturated heterocycles. The molecule has 0 spiro atoms. The van der Waals surface area contributed by atoms with Gasteiger partial charge in [0.2, 0.25) is 5.91 Å². The minimum Gasteiger partial charge on any atom is -0.350 e. The van der Waals surface area contributed by atoms with E-state index in [-0.39, 0.29) is 12.2 Å². The number of anilines is 1. The molecule has 0 saturated carbocycles. The highest BCUT2D eigenvalue weighted by Gasteiger charge is 2.31. The summed E-state index contributed by atoms with van der Waals surface area (Å²) in [7, 11) is 1.79. The lowest BCUT2D eigenvalue weighted by Crippen LogP contribution is -2.44. The molecule has 0 bridgehead atoms. The Balaban J connectivity index is 1.45. The van der Waals surface area contributed by atoms with Crippen molar-refractivity contribution < 1.29 is 14.3 Å². The Morgan fingerprint density at radius 3 is 2.76 bits per heavy atom. The summed E-state index contributed by atoms with van der Waals surface area (Å²) in [6.07, 6.45) is 3.75. The number of likely N-dealkylation sites (N-methyl/N-ethyl adjacent to an activating group) is 1. The van der Waals surface area contributed by atoms with E-state index in [4.69, 9.17) is 9.47 Å². The van der Waals surface area contributed by atoms with Crippen molar-refractivity contribution in [3.63, 3.8) is 0 Å². The first kappa shape index (κ1) is 14.9. The molecule has 0 atom stereocenters. The van der Waals surface area contributed by atoms with Crippen LogP contribution in [0.5, 0.6) is 0 Å². The summed E-state index contributed by atoms with van der Waals surface area (Å²) in [5.74, 6) is 0.562. The van der Waals surface area contributed by atoms with Gasteiger partial charge < -0.3 is 9.47 Å². The summed E-state index contributed by atoms with van der Waals surface area (Å²) in [5.41, 5.74) is 0. The SMILES string of the molecule is CN(C(=O)CN1CCC(C2OCCO2)CC1)c1nccs1. The summed E-state index contributed by atoms with van der Waals surface area (Å²) in [6, 6.07) is 0. The lowest BCUT2D eigenvalue weighted by molar-refractivity contribution is -0.121. The van der Waals surface area contributed by atoms with Crippen molar-refractivity contribution in [1.82, 2.24) is 9.88 Å². The number of hydrogen-bond acceptors (Lipinski definition) is 6. The van der Waals surface area contributed by atoms with E-state index in [1.54, 1.807) is 18.1 Å². The fourth-order valence-corrected chi connectivity index (χ4v) is 3.44. The Labute approximate surface area is 128 Å². The first-order chi connectivity index (χ1) is 10.2. The molecule has 0 aromatic carbocycles. The van der Waals surface area contributed by atoms with Crippen LogP contribution >= 0.6 is 11.3 Å². The first-order valence-electron chi connectivity index (χ1n) is 7.35. The van der Waals surface area contributed by atoms with Crippen LogP contribution in [-0.2, 0) is 14.3 Å². The number of aromatic nitrogens is 1. The van der Waals surface area contributed by atoms with Gasteiger partial charge in [0, 0.05) is 24.5 Å². The second kappa shape index (κ2) is 6.83. The van der Waals surface area contributed by atoms with Crippen molar-refractivity contribution >= 4 is 22.4 Å². The maximum Gasteiger partial charge on any atom is 0.242 e. The number of carbonyl (C=O) groups excluding carboxylic acids is 1. The molecule has 1 aromatic heterocycles. The molecule has 2 aliphatic rings. The fourth-order valence-electron chi connectivity index (χ4n) is 2.82. The second-order valence-electron chi connectivity index (χ2n) is 5.49. The van der Waals surface area contributed by atoms with Gasteiger partial charge in [0.15, 0.2) is 11.4 Å². The van der Waals surface area contributed by atoms with E-state index < -0.39 is 0 Å². The van der Waals surface area contributed by atoms with E-state index in [2.05, 4.69) is 9.88 Å². The molecule has 7 heteroatoms. The Hall–Kier alpha value is -1.02. The second-order valence-corrected chi connectivity index (χ2v) is 6.36. The number of thiazole rings is 1. The van der Waals surface area contributed by atoms with E-state index in [0.29, 0.717) is 25.7 Å². The zero-order valence-electron chi connectivity index (χ0n) is 12.2. The van der Waals surface area contributed by atoms with Crippen molar-refractivity contribution in [3.05, 3.63) is 11.6 Å². The predicted octanol–water partition coefficient (Wildman–Crippen LogP) is 1.19. The summed E-state index contributed by atoms with van der Waals surface area (Å²) in [6.45, 7) is 3.72. The minimum atomic E-state index is -0.0270. The smallest absolute Gasteiger partial charge is 0.242 e. The molecule has 116 valence electrons. The van der Waals surface area contributed by atoms with Gasteiger partial charge in [0.05, 0.1) is 19.8 Å². The zero-order valence-corrected chi connectivity index (χ0v) is 13.1. The standard InChI is InChI=1S/C14H21N3O3S/c1-16(14-15-4-9-21-14)12(18)10-17-5-2-11(3-6-17)13-19-7-8-20-13/h4,9,11,13H,2-3,5-8,10H2,1H3. The van der Waals surface area contributed by atoms with Crippen molar-refractivity contribution in [3.8, 4) is 0 Å². The first-order valence-corrected chi connectivity index (χ1v) is 8.23. The van der Waals surface area contributed by atoms with Gasteiger partial charge in [-0.3, -0.25) is 14.6 Å². The summed E-state index contributed by atoms with van der Waals surface area (Å²) >= 11 is 1.48. The normalized spacial score (nSPS) is 21.8. The fraction of sp³-hybridized carbons (Fsp3) is 0.714. The molecule has 21 heavy (non-hydrogen) atoms. The molecule has 2 aliphatic heterocycles. The average Bonchev–Trinajstić information content (AvgIpc) is 3.20. The number of nitrogens with zero attached hydrogens (tertiary/aromatic N) is 3. The van der Waals surface area contributed by atoms with Gasteiger partial charge in [0.1, 0.15) is 0 Å². The highest BCUT2D eigenvalue weighted by molar-refractivity contribution is 7.13. The molecule has 0 radical (unpaired) electrons. The van der Waals surface area contributed by atoms with Crippen molar-refractivity contribution in [1.29, 1.82) is 0 Å². The van der Waals surface area contributed by atoms with Gasteiger partial charge in [-0.1, -0.05) is 0 Å². The molecular formula is C14H21N3O3S. The van der Waals surface area contributed by atoms with E-state index in [0.717, 1.165) is 31.1 Å². The molecule has 1 aromatic rings. The number of ether oxygens (including phenoxy) is 2. The number of likely N-dealkylation sites (tertiary alicyclic amines) is 1. The van der Waals surface area contributed by atoms with Gasteiger partial charge in [-0.2, -0.15) is 0 Å². The Morgan fingerprint density at radius 2 is 2.14 bits per heavy atom. The number of hydrogen-bond donors (Lipinski definition) is 0. The van der Waals surface area contributed by atoms with E-state index in [1.165, 1.54) is 11.3 Å². The molecule has 1 amide bonds. The van der Waals surface area contributed by atoms with Crippen LogP contribution in [0.3, 0.4) is 0 Å². The van der Waals surface area contributed by atoms with Crippen molar-refractivity contribution in [2.45, 2.75) is 19.1 Å². The Bertz CT molecular complexity index is 454. The minimum absolute atomic E-state index is 0.0270. The summed E-state index contributed by atoms with van der Waals surface area (Å²) in [5, 5.41) is 2.63. The molecular weight excluding hydrogens is 290 g/mol. The topological polar surface area (TPSA) is 54.9 Å².